The van der Waals surface area contributed by atoms with E-state index >= 15 is 0 Å². The molecule has 0 aliphatic heterocycles. The molecule has 0 aliphatic carbocycles. The predicted octanol–water partition coefficient (Wildman–Crippen LogP) is 2.10. The molecule has 1 aromatic heterocycles. The molecule has 122 valence electrons. The molecule has 0 spiro atoms. The smallest absolute Gasteiger partial charge is 0.243 e. The maximum Gasteiger partial charge on any atom is 0.243 e. The number of anilines is 2. The molecule has 0 radical (unpaired) electrons. The van der Waals surface area contributed by atoms with Crippen molar-refractivity contribution in [2.24, 2.45) is 7.05 Å². The van der Waals surface area contributed by atoms with Crippen LogP contribution in [0.15, 0.2) is 24.3 Å². The molecule has 0 bridgehead atoms. The molecule has 0 saturated carbocycles. The Bertz CT molecular complexity index is 726. The molecule has 0 fully saturated rings. The van der Waals surface area contributed by atoms with Crippen LogP contribution < -0.4 is 16.0 Å². The van der Waals surface area contributed by atoms with E-state index in [1.165, 1.54) is 12.1 Å². The molecule has 6 nitrogen and oxygen atoms in total. The first-order valence-electron chi connectivity index (χ1n) is 6.97. The van der Waals surface area contributed by atoms with E-state index in [-0.39, 0.29) is 23.4 Å². The summed E-state index contributed by atoms with van der Waals surface area (Å²) in [6.45, 7) is 3.72. The first kappa shape index (κ1) is 16.9. The minimum atomic E-state index is -0.323. The molecule has 2 aromatic rings. The second kappa shape index (κ2) is 7.19. The van der Waals surface area contributed by atoms with Gasteiger partial charge in [0.2, 0.25) is 5.91 Å². The van der Waals surface area contributed by atoms with Gasteiger partial charge in [0.1, 0.15) is 5.82 Å². The van der Waals surface area contributed by atoms with Gasteiger partial charge < -0.3 is 16.0 Å². The normalized spacial score (nSPS) is 10.3. The molecule has 0 saturated heterocycles. The average Bonchev–Trinajstić information content (AvgIpc) is 2.74. The highest BCUT2D eigenvalue weighted by Crippen LogP contribution is 2.17. The molecule has 0 unspecified atom stereocenters. The summed E-state index contributed by atoms with van der Waals surface area (Å²) in [4.78, 5) is 12.0. The highest BCUT2D eigenvalue weighted by atomic mass is 32.1. The van der Waals surface area contributed by atoms with E-state index in [1.807, 2.05) is 20.9 Å². The fraction of sp³-hybridized carbons (Fsp3) is 0.267. The van der Waals surface area contributed by atoms with Crippen LogP contribution in [0.2, 0.25) is 0 Å². The summed E-state index contributed by atoms with van der Waals surface area (Å²) in [5.74, 6) is -0.552. The van der Waals surface area contributed by atoms with Crippen molar-refractivity contribution in [2.75, 3.05) is 17.2 Å². The molecule has 1 aromatic carbocycles. The van der Waals surface area contributed by atoms with Gasteiger partial charge in [0.15, 0.2) is 5.11 Å². The lowest BCUT2D eigenvalue weighted by Gasteiger charge is -2.11. The number of nitrogens with one attached hydrogen (secondary N) is 3. The highest BCUT2D eigenvalue weighted by molar-refractivity contribution is 7.80. The van der Waals surface area contributed by atoms with Gasteiger partial charge in [-0.2, -0.15) is 5.10 Å². The second-order valence-corrected chi connectivity index (χ2v) is 5.44. The largest absolute Gasteiger partial charge is 0.353 e. The van der Waals surface area contributed by atoms with Crippen molar-refractivity contribution >= 4 is 34.6 Å². The van der Waals surface area contributed by atoms with Crippen LogP contribution in [0.1, 0.15) is 11.4 Å². The van der Waals surface area contributed by atoms with Crippen LogP contribution in [-0.4, -0.2) is 27.3 Å². The topological polar surface area (TPSA) is 71.0 Å². The lowest BCUT2D eigenvalue weighted by Crippen LogP contribution is -2.35. The number of carbonyl (C=O) groups is 1. The fourth-order valence-corrected chi connectivity index (χ4v) is 2.20. The van der Waals surface area contributed by atoms with Crippen LogP contribution in [-0.2, 0) is 11.8 Å². The number of carbonyl (C=O) groups excluding carboxylic acids is 1. The van der Waals surface area contributed by atoms with Crippen LogP contribution in [0.5, 0.6) is 0 Å². The zero-order chi connectivity index (χ0) is 17.0. The van der Waals surface area contributed by atoms with Gasteiger partial charge in [-0.3, -0.25) is 9.48 Å². The lowest BCUT2D eigenvalue weighted by molar-refractivity contribution is -0.115. The monoisotopic (exact) mass is 335 g/mol. The molecule has 0 atom stereocenters. The van der Waals surface area contributed by atoms with E-state index in [4.69, 9.17) is 12.2 Å². The van der Waals surface area contributed by atoms with Gasteiger partial charge in [-0.05, 0) is 50.3 Å². The van der Waals surface area contributed by atoms with Gasteiger partial charge in [-0.1, -0.05) is 0 Å². The third kappa shape index (κ3) is 4.49. The number of aromatic nitrogens is 2. The third-order valence-corrected chi connectivity index (χ3v) is 3.53. The van der Waals surface area contributed by atoms with Gasteiger partial charge >= 0.3 is 0 Å². The first-order valence-corrected chi connectivity index (χ1v) is 7.38. The van der Waals surface area contributed by atoms with E-state index in [0.717, 1.165) is 11.4 Å². The Labute approximate surface area is 139 Å². The number of rotatable bonds is 4. The second-order valence-electron chi connectivity index (χ2n) is 5.03. The van der Waals surface area contributed by atoms with Gasteiger partial charge in [-0.25, -0.2) is 4.39 Å². The summed E-state index contributed by atoms with van der Waals surface area (Å²) in [6.07, 6.45) is 0. The van der Waals surface area contributed by atoms with Crippen LogP contribution in [0, 0.1) is 19.7 Å². The zero-order valence-electron chi connectivity index (χ0n) is 13.1. The molecule has 2 rings (SSSR count). The first-order chi connectivity index (χ1) is 10.9. The number of halogens is 1. The van der Waals surface area contributed by atoms with E-state index in [0.29, 0.717) is 11.4 Å². The number of hydrogen-bond donors (Lipinski definition) is 3. The lowest BCUT2D eigenvalue weighted by atomic mass is 10.3. The van der Waals surface area contributed by atoms with Gasteiger partial charge in [0, 0.05) is 12.7 Å². The highest BCUT2D eigenvalue weighted by Gasteiger charge is 2.12. The van der Waals surface area contributed by atoms with Crippen LogP contribution in [0.3, 0.4) is 0 Å². The van der Waals surface area contributed by atoms with Gasteiger partial charge in [0.05, 0.1) is 23.6 Å². The van der Waals surface area contributed by atoms with Crippen molar-refractivity contribution in [1.29, 1.82) is 0 Å². The van der Waals surface area contributed by atoms with Crippen molar-refractivity contribution in [1.82, 2.24) is 15.1 Å². The SMILES string of the molecule is Cc1nn(C)c(C)c1NC(=O)CNC(=S)Nc1ccc(F)cc1. The summed E-state index contributed by atoms with van der Waals surface area (Å²) in [6, 6.07) is 5.77. The Kier molecular flexibility index (Phi) is 5.28. The van der Waals surface area contributed by atoms with Crippen molar-refractivity contribution in [3.05, 3.63) is 41.5 Å². The number of thiocarbonyl (C=S) groups is 1. The summed E-state index contributed by atoms with van der Waals surface area (Å²) in [7, 11) is 1.82. The molecular weight excluding hydrogens is 317 g/mol. The molecule has 3 N–H and O–H groups in total. The number of nitrogens with zero attached hydrogens (tertiary/aromatic N) is 2. The fourth-order valence-electron chi connectivity index (χ4n) is 2.01. The van der Waals surface area contributed by atoms with Crippen LogP contribution in [0.4, 0.5) is 15.8 Å². The molecule has 1 amide bonds. The summed E-state index contributed by atoms with van der Waals surface area (Å²) >= 11 is 5.10. The van der Waals surface area contributed by atoms with Crippen LogP contribution >= 0.6 is 12.2 Å². The predicted molar refractivity (Wildman–Crippen MR) is 91.9 cm³/mol. The molecule has 8 heteroatoms. The van der Waals surface area contributed by atoms with E-state index in [2.05, 4.69) is 21.0 Å². The third-order valence-electron chi connectivity index (χ3n) is 3.29. The minimum Gasteiger partial charge on any atom is -0.353 e. The number of benzene rings is 1. The Balaban J connectivity index is 1.84. The maximum absolute atomic E-state index is 12.8. The van der Waals surface area contributed by atoms with Crippen molar-refractivity contribution in [3.8, 4) is 0 Å². The van der Waals surface area contributed by atoms with E-state index in [9.17, 15) is 9.18 Å². The summed E-state index contributed by atoms with van der Waals surface area (Å²) in [5, 5.41) is 13.0. The van der Waals surface area contributed by atoms with Crippen LogP contribution in [0.25, 0.3) is 0 Å². The van der Waals surface area contributed by atoms with Gasteiger partial charge in [0.25, 0.3) is 0 Å². The number of aryl methyl sites for hydroxylation is 2. The zero-order valence-corrected chi connectivity index (χ0v) is 13.9. The maximum atomic E-state index is 12.8. The quantitative estimate of drug-likeness (QED) is 0.747. The van der Waals surface area contributed by atoms with Gasteiger partial charge in [-0.15, -0.1) is 0 Å². The Hall–Kier alpha value is -2.48. The Morgan fingerprint density at radius 1 is 1.26 bits per heavy atom. The Morgan fingerprint density at radius 2 is 1.91 bits per heavy atom. The standard InChI is InChI=1S/C15H18FN5OS/c1-9-14(10(2)21(3)20-9)19-13(22)8-17-15(23)18-12-6-4-11(16)5-7-12/h4-7H,8H2,1-3H3,(H,19,22)(H2,17,18,23). The average molecular weight is 335 g/mol. The molecular formula is C15H18FN5OS. The summed E-state index contributed by atoms with van der Waals surface area (Å²) in [5.41, 5.74) is 2.98. The van der Waals surface area contributed by atoms with Crippen molar-refractivity contribution in [2.45, 2.75) is 13.8 Å². The number of amides is 1. The Morgan fingerprint density at radius 3 is 2.48 bits per heavy atom. The van der Waals surface area contributed by atoms with E-state index in [1.54, 1.807) is 16.8 Å². The molecule has 1 heterocycles. The molecule has 23 heavy (non-hydrogen) atoms. The van der Waals surface area contributed by atoms with E-state index < -0.39 is 0 Å². The van der Waals surface area contributed by atoms with Crippen molar-refractivity contribution in [3.63, 3.8) is 0 Å². The number of hydrogen-bond acceptors (Lipinski definition) is 3. The summed E-state index contributed by atoms with van der Waals surface area (Å²) < 4.78 is 14.5. The van der Waals surface area contributed by atoms with Crippen molar-refractivity contribution < 1.29 is 9.18 Å². The molecule has 0 aliphatic rings. The minimum absolute atomic E-state index is 0.0147.